The van der Waals surface area contributed by atoms with Gasteiger partial charge in [0.2, 0.25) is 0 Å². The number of hydrogen-bond donors (Lipinski definition) is 1. The monoisotopic (exact) mass is 304 g/mol. The van der Waals surface area contributed by atoms with Gasteiger partial charge < -0.3 is 5.32 Å². The first-order valence-corrected chi connectivity index (χ1v) is 8.37. The number of rotatable bonds is 4. The molecule has 21 heavy (non-hydrogen) atoms. The zero-order valence-corrected chi connectivity index (χ0v) is 13.6. The third-order valence-corrected chi connectivity index (χ3v) is 5.10. The van der Waals surface area contributed by atoms with Gasteiger partial charge in [0.1, 0.15) is 10.8 Å². The van der Waals surface area contributed by atoms with Gasteiger partial charge in [-0.25, -0.2) is 9.37 Å². The first-order valence-electron chi connectivity index (χ1n) is 7.55. The van der Waals surface area contributed by atoms with E-state index in [4.69, 9.17) is 4.98 Å². The zero-order valence-electron chi connectivity index (χ0n) is 12.7. The van der Waals surface area contributed by atoms with Crippen molar-refractivity contribution in [1.29, 1.82) is 0 Å². The summed E-state index contributed by atoms with van der Waals surface area (Å²) in [6, 6.07) is 5.76. The second-order valence-corrected chi connectivity index (χ2v) is 7.15. The highest BCUT2D eigenvalue weighted by Crippen LogP contribution is 2.33. The van der Waals surface area contributed by atoms with Crippen LogP contribution in [0.5, 0.6) is 0 Å². The molecule has 0 saturated heterocycles. The number of nitrogens with one attached hydrogen (secondary N) is 1. The van der Waals surface area contributed by atoms with Crippen LogP contribution in [0.3, 0.4) is 0 Å². The van der Waals surface area contributed by atoms with Crippen LogP contribution in [0.1, 0.15) is 53.0 Å². The smallest absolute Gasteiger partial charge is 0.126 e. The molecule has 1 aromatic carbocycles. The van der Waals surface area contributed by atoms with Gasteiger partial charge in [0.25, 0.3) is 0 Å². The molecule has 0 bridgehead atoms. The maximum Gasteiger partial charge on any atom is 0.126 e. The fraction of sp³-hybridized carbons (Fsp3) is 0.471. The minimum Gasteiger partial charge on any atom is -0.302 e. The summed E-state index contributed by atoms with van der Waals surface area (Å²) in [6.45, 7) is 6.07. The Hall–Kier alpha value is -1.26. The minimum absolute atomic E-state index is 0.0555. The third kappa shape index (κ3) is 3.01. The van der Waals surface area contributed by atoms with E-state index >= 15 is 0 Å². The number of thiazole rings is 1. The van der Waals surface area contributed by atoms with Gasteiger partial charge in [0, 0.05) is 10.9 Å². The predicted molar refractivity (Wildman–Crippen MR) is 85.4 cm³/mol. The van der Waals surface area contributed by atoms with Crippen molar-refractivity contribution in [2.75, 3.05) is 0 Å². The molecule has 0 fully saturated rings. The quantitative estimate of drug-likeness (QED) is 0.917. The van der Waals surface area contributed by atoms with Crippen molar-refractivity contribution in [3.05, 3.63) is 50.7 Å². The molecule has 2 nitrogen and oxygen atoms in total. The molecule has 4 heteroatoms. The average molecular weight is 304 g/mol. The van der Waals surface area contributed by atoms with Crippen LogP contribution in [0.15, 0.2) is 18.2 Å². The van der Waals surface area contributed by atoms with Crippen LogP contribution in [-0.4, -0.2) is 11.0 Å². The Kier molecular flexibility index (Phi) is 4.09. The van der Waals surface area contributed by atoms with Crippen LogP contribution in [0.25, 0.3) is 0 Å². The summed E-state index contributed by atoms with van der Waals surface area (Å²) >= 11 is 1.81. The molecular formula is C17H21FN2S. The molecule has 1 N–H and O–H groups in total. The van der Waals surface area contributed by atoms with Gasteiger partial charge in [-0.3, -0.25) is 0 Å². The summed E-state index contributed by atoms with van der Waals surface area (Å²) in [7, 11) is 0. The van der Waals surface area contributed by atoms with Gasteiger partial charge in [-0.1, -0.05) is 12.1 Å². The van der Waals surface area contributed by atoms with Gasteiger partial charge in [-0.15, -0.1) is 11.3 Å². The summed E-state index contributed by atoms with van der Waals surface area (Å²) in [5.74, 6) is -0.149. The van der Waals surface area contributed by atoms with Crippen LogP contribution in [0, 0.1) is 12.7 Å². The first-order chi connectivity index (χ1) is 10.0. The summed E-state index contributed by atoms with van der Waals surface area (Å²) < 4.78 is 13.5. The van der Waals surface area contributed by atoms with Crippen molar-refractivity contribution < 1.29 is 4.39 Å². The molecule has 0 amide bonds. The van der Waals surface area contributed by atoms with E-state index in [0.29, 0.717) is 11.6 Å². The summed E-state index contributed by atoms with van der Waals surface area (Å²) in [5.41, 5.74) is 3.05. The zero-order chi connectivity index (χ0) is 15.0. The number of hydrogen-bond acceptors (Lipinski definition) is 3. The van der Waals surface area contributed by atoms with E-state index in [-0.39, 0.29) is 11.9 Å². The maximum atomic E-state index is 13.5. The number of aromatic nitrogens is 1. The number of fused-ring (bicyclic) bond motifs is 1. The minimum atomic E-state index is -0.149. The number of halogens is 1. The third-order valence-electron chi connectivity index (χ3n) is 3.87. The van der Waals surface area contributed by atoms with E-state index in [1.165, 1.54) is 17.0 Å². The van der Waals surface area contributed by atoms with Gasteiger partial charge >= 0.3 is 0 Å². The van der Waals surface area contributed by atoms with E-state index in [1.807, 2.05) is 30.4 Å². The second kappa shape index (κ2) is 5.85. The summed E-state index contributed by atoms with van der Waals surface area (Å²) in [4.78, 5) is 6.26. The lowest BCUT2D eigenvalue weighted by Gasteiger charge is -2.20. The average Bonchev–Trinajstić information content (AvgIpc) is 3.00. The number of nitrogens with zero attached hydrogens (tertiary/aromatic N) is 1. The van der Waals surface area contributed by atoms with Crippen LogP contribution in [0.4, 0.5) is 4.39 Å². The van der Waals surface area contributed by atoms with Gasteiger partial charge in [0.15, 0.2) is 0 Å². The molecule has 0 spiro atoms. The molecular weight excluding hydrogens is 283 g/mol. The standard InChI is InChI=1S/C17H21FN2S/c1-10(2)19-16(12-7-8-13(18)11(3)9-12)17-20-14-5-4-6-15(14)21-17/h7-10,16,19H,4-6H2,1-3H3. The fourth-order valence-electron chi connectivity index (χ4n) is 2.82. The van der Waals surface area contributed by atoms with Crippen molar-refractivity contribution in [2.24, 2.45) is 0 Å². The Morgan fingerprint density at radius 3 is 2.76 bits per heavy atom. The second-order valence-electron chi connectivity index (χ2n) is 6.04. The lowest BCUT2D eigenvalue weighted by atomic mass is 10.0. The molecule has 1 aliphatic carbocycles. The summed E-state index contributed by atoms with van der Waals surface area (Å²) in [5, 5.41) is 4.68. The Labute approximate surface area is 129 Å². The molecule has 3 rings (SSSR count). The highest BCUT2D eigenvalue weighted by atomic mass is 32.1. The molecule has 1 aliphatic rings. The molecule has 0 radical (unpaired) electrons. The van der Waals surface area contributed by atoms with Crippen molar-refractivity contribution >= 4 is 11.3 Å². The predicted octanol–water partition coefficient (Wildman–Crippen LogP) is 4.17. The number of benzene rings is 1. The van der Waals surface area contributed by atoms with Gasteiger partial charge in [-0.2, -0.15) is 0 Å². The molecule has 1 heterocycles. The lowest BCUT2D eigenvalue weighted by molar-refractivity contribution is 0.524. The molecule has 0 saturated carbocycles. The molecule has 0 aliphatic heterocycles. The largest absolute Gasteiger partial charge is 0.302 e. The van der Waals surface area contributed by atoms with E-state index in [0.717, 1.165) is 23.4 Å². The molecule has 1 atom stereocenters. The van der Waals surface area contributed by atoms with Crippen LogP contribution in [0.2, 0.25) is 0 Å². The van der Waals surface area contributed by atoms with Crippen molar-refractivity contribution in [3.63, 3.8) is 0 Å². The summed E-state index contributed by atoms with van der Waals surface area (Å²) in [6.07, 6.45) is 3.49. The van der Waals surface area contributed by atoms with E-state index in [2.05, 4.69) is 19.2 Å². The first kappa shape index (κ1) is 14.7. The SMILES string of the molecule is Cc1cc(C(NC(C)C)c2nc3c(s2)CCC3)ccc1F. The Bertz CT molecular complexity index is 627. The fourth-order valence-corrected chi connectivity index (χ4v) is 4.07. The van der Waals surface area contributed by atoms with Crippen molar-refractivity contribution in [3.8, 4) is 0 Å². The van der Waals surface area contributed by atoms with E-state index in [1.54, 1.807) is 6.07 Å². The van der Waals surface area contributed by atoms with Gasteiger partial charge in [-0.05, 0) is 57.2 Å². The van der Waals surface area contributed by atoms with Crippen molar-refractivity contribution in [1.82, 2.24) is 10.3 Å². The molecule has 1 unspecified atom stereocenters. The Morgan fingerprint density at radius 2 is 2.10 bits per heavy atom. The van der Waals surface area contributed by atoms with E-state index in [9.17, 15) is 4.39 Å². The highest BCUT2D eigenvalue weighted by Gasteiger charge is 2.24. The van der Waals surface area contributed by atoms with E-state index < -0.39 is 0 Å². The van der Waals surface area contributed by atoms with Crippen LogP contribution < -0.4 is 5.32 Å². The topological polar surface area (TPSA) is 24.9 Å². The van der Waals surface area contributed by atoms with Crippen LogP contribution in [-0.2, 0) is 12.8 Å². The van der Waals surface area contributed by atoms with Crippen LogP contribution >= 0.6 is 11.3 Å². The Morgan fingerprint density at radius 1 is 1.29 bits per heavy atom. The molecule has 1 aromatic heterocycles. The van der Waals surface area contributed by atoms with Crippen molar-refractivity contribution in [2.45, 2.75) is 52.1 Å². The Balaban J connectivity index is 1.98. The maximum absolute atomic E-state index is 13.5. The van der Waals surface area contributed by atoms with Gasteiger partial charge in [0.05, 0.1) is 11.7 Å². The number of aryl methyl sites for hydroxylation is 3. The molecule has 112 valence electrons. The highest BCUT2D eigenvalue weighted by molar-refractivity contribution is 7.11. The normalized spacial score (nSPS) is 15.5. The lowest BCUT2D eigenvalue weighted by Crippen LogP contribution is -2.29. The molecule has 2 aromatic rings.